The summed E-state index contributed by atoms with van der Waals surface area (Å²) in [4.78, 5) is 9.06. The second kappa shape index (κ2) is 7.52. The van der Waals surface area contributed by atoms with Gasteiger partial charge in [0, 0.05) is 31.4 Å². The molecule has 0 N–H and O–H groups in total. The van der Waals surface area contributed by atoms with E-state index in [0.717, 1.165) is 22.2 Å². The van der Waals surface area contributed by atoms with Gasteiger partial charge >= 0.3 is 0 Å². The quantitative estimate of drug-likeness (QED) is 0.595. The Morgan fingerprint density at radius 1 is 1.15 bits per heavy atom. The summed E-state index contributed by atoms with van der Waals surface area (Å²) in [7, 11) is -0.482. The van der Waals surface area contributed by atoms with E-state index in [-0.39, 0.29) is 4.90 Å². The van der Waals surface area contributed by atoms with Gasteiger partial charge in [0.2, 0.25) is 10.0 Å². The lowest BCUT2D eigenvalue weighted by Gasteiger charge is -2.11. The zero-order valence-electron chi connectivity index (χ0n) is 14.6. The molecule has 0 aliphatic heterocycles. The van der Waals surface area contributed by atoms with Crippen LogP contribution in [0.4, 0.5) is 0 Å². The van der Waals surface area contributed by atoms with Crippen LogP contribution in [-0.2, 0) is 15.8 Å². The van der Waals surface area contributed by atoms with E-state index in [9.17, 15) is 8.42 Å². The van der Waals surface area contributed by atoms with Crippen molar-refractivity contribution in [2.24, 2.45) is 0 Å². The minimum Gasteiger partial charge on any atom is -0.250 e. The van der Waals surface area contributed by atoms with Gasteiger partial charge in [-0.05, 0) is 30.7 Å². The van der Waals surface area contributed by atoms with Crippen LogP contribution in [-0.4, -0.2) is 36.8 Å². The third kappa shape index (κ3) is 3.71. The molecule has 0 amide bonds. The van der Waals surface area contributed by atoms with Crippen molar-refractivity contribution in [1.29, 1.82) is 0 Å². The maximum Gasteiger partial charge on any atom is 0.244 e. The molecule has 0 atom stereocenters. The van der Waals surface area contributed by atoms with Crippen LogP contribution in [0.5, 0.6) is 0 Å². The first-order valence-electron chi connectivity index (χ1n) is 7.86. The number of nitrogens with zero attached hydrogens (tertiary/aromatic N) is 3. The van der Waals surface area contributed by atoms with E-state index in [1.807, 2.05) is 31.2 Å². The van der Waals surface area contributed by atoms with Crippen molar-refractivity contribution in [1.82, 2.24) is 14.3 Å². The summed E-state index contributed by atoms with van der Waals surface area (Å²) in [6.07, 6.45) is 1.37. The van der Waals surface area contributed by atoms with Crippen LogP contribution in [0, 0.1) is 6.92 Å². The largest absolute Gasteiger partial charge is 0.250 e. The van der Waals surface area contributed by atoms with Crippen molar-refractivity contribution in [3.63, 3.8) is 0 Å². The van der Waals surface area contributed by atoms with Crippen molar-refractivity contribution < 1.29 is 8.42 Å². The number of benzene rings is 1. The lowest BCUT2D eigenvalue weighted by molar-refractivity contribution is 0.520. The van der Waals surface area contributed by atoms with Crippen LogP contribution in [0.1, 0.15) is 11.3 Å². The Kier molecular flexibility index (Phi) is 5.53. The van der Waals surface area contributed by atoms with Crippen molar-refractivity contribution in [2.75, 3.05) is 14.1 Å². The summed E-state index contributed by atoms with van der Waals surface area (Å²) < 4.78 is 25.3. The van der Waals surface area contributed by atoms with Crippen LogP contribution < -0.4 is 0 Å². The molecule has 2 heterocycles. The predicted molar refractivity (Wildman–Crippen MR) is 106 cm³/mol. The summed E-state index contributed by atoms with van der Waals surface area (Å²) in [5.41, 5.74) is 2.71. The minimum atomic E-state index is -3.47. The maximum atomic E-state index is 12.1. The van der Waals surface area contributed by atoms with Crippen LogP contribution in [0.15, 0.2) is 52.5 Å². The number of para-hydroxylation sites is 1. The Labute approximate surface area is 162 Å². The Morgan fingerprint density at radius 2 is 1.88 bits per heavy atom. The number of fused-ring (bicyclic) bond motifs is 1. The maximum absolute atomic E-state index is 12.1. The molecule has 2 aromatic heterocycles. The van der Waals surface area contributed by atoms with Gasteiger partial charge < -0.3 is 0 Å². The molecule has 136 valence electrons. The molecule has 0 saturated carbocycles. The zero-order chi connectivity index (χ0) is 18.9. The van der Waals surface area contributed by atoms with Crippen LogP contribution in [0.2, 0.25) is 5.02 Å². The predicted octanol–water partition coefficient (Wildman–Crippen LogP) is 4.13. The summed E-state index contributed by atoms with van der Waals surface area (Å²) in [6.45, 7) is 1.99. The minimum absolute atomic E-state index is 0.171. The van der Waals surface area contributed by atoms with E-state index in [2.05, 4.69) is 9.97 Å². The number of hydrogen-bond acceptors (Lipinski definition) is 5. The molecular formula is C18H18ClN3O2S2. The summed E-state index contributed by atoms with van der Waals surface area (Å²) in [5, 5.41) is 2.41. The third-order valence-corrected chi connectivity index (χ3v) is 7.25. The molecule has 3 aromatic rings. The average Bonchev–Trinajstić information content (AvgIpc) is 2.63. The van der Waals surface area contributed by atoms with Gasteiger partial charge in [-0.25, -0.2) is 17.7 Å². The Bertz CT molecular complexity index is 1050. The fourth-order valence-electron chi connectivity index (χ4n) is 2.47. The Morgan fingerprint density at radius 3 is 2.54 bits per heavy atom. The second-order valence-corrected chi connectivity index (χ2v) is 9.45. The first-order chi connectivity index (χ1) is 12.3. The number of sulfonamides is 1. The van der Waals surface area contributed by atoms with Gasteiger partial charge in [0.15, 0.2) is 0 Å². The molecule has 0 saturated heterocycles. The summed E-state index contributed by atoms with van der Waals surface area (Å²) >= 11 is 7.94. The fraction of sp³-hybridized carbons (Fsp3) is 0.222. The number of hydrogen-bond donors (Lipinski definition) is 0. The Balaban J connectivity index is 1.81. The van der Waals surface area contributed by atoms with Crippen LogP contribution in [0.3, 0.4) is 0 Å². The molecule has 0 radical (unpaired) electrons. The number of thioether (sulfide) groups is 1. The van der Waals surface area contributed by atoms with Gasteiger partial charge in [0.25, 0.3) is 0 Å². The van der Waals surface area contributed by atoms with Gasteiger partial charge in [-0.3, -0.25) is 4.98 Å². The van der Waals surface area contributed by atoms with E-state index in [4.69, 9.17) is 11.6 Å². The molecule has 0 unspecified atom stereocenters. The number of halogens is 1. The zero-order valence-corrected chi connectivity index (χ0v) is 17.0. The van der Waals surface area contributed by atoms with Crippen molar-refractivity contribution in [3.05, 3.63) is 58.9 Å². The van der Waals surface area contributed by atoms with Gasteiger partial charge in [0.05, 0.1) is 21.3 Å². The molecule has 0 bridgehead atoms. The lowest BCUT2D eigenvalue weighted by Crippen LogP contribution is -2.22. The standard InChI is InChI=1S/C18H18ClN3O2S2/c1-12-14-6-4-5-7-15(14)21-16(18(12)19)11-25-17-9-8-13(10-20-17)26(23,24)22(2)3/h4-10H,11H2,1-3H3. The van der Waals surface area contributed by atoms with Crippen molar-refractivity contribution in [2.45, 2.75) is 22.6 Å². The fourth-order valence-corrected chi connectivity index (χ4v) is 4.39. The average molecular weight is 408 g/mol. The lowest BCUT2D eigenvalue weighted by atomic mass is 10.1. The van der Waals surface area contributed by atoms with Gasteiger partial charge in [-0.15, -0.1) is 0 Å². The van der Waals surface area contributed by atoms with E-state index < -0.39 is 10.0 Å². The van der Waals surface area contributed by atoms with E-state index in [1.165, 1.54) is 36.4 Å². The first-order valence-corrected chi connectivity index (χ1v) is 10.7. The number of rotatable bonds is 5. The smallest absolute Gasteiger partial charge is 0.244 e. The molecule has 1 aromatic carbocycles. The van der Waals surface area contributed by atoms with Gasteiger partial charge in [-0.1, -0.05) is 41.6 Å². The van der Waals surface area contributed by atoms with E-state index in [1.54, 1.807) is 12.1 Å². The van der Waals surface area contributed by atoms with E-state index in [0.29, 0.717) is 15.8 Å². The summed E-state index contributed by atoms with van der Waals surface area (Å²) in [6, 6.07) is 11.1. The highest BCUT2D eigenvalue weighted by Crippen LogP contribution is 2.31. The molecule has 8 heteroatoms. The normalized spacial score (nSPS) is 12.0. The van der Waals surface area contributed by atoms with Gasteiger partial charge in [-0.2, -0.15) is 0 Å². The number of pyridine rings is 2. The van der Waals surface area contributed by atoms with Crippen molar-refractivity contribution in [3.8, 4) is 0 Å². The molecule has 0 aliphatic rings. The molecule has 26 heavy (non-hydrogen) atoms. The number of aromatic nitrogens is 2. The van der Waals surface area contributed by atoms with Crippen molar-refractivity contribution >= 4 is 44.3 Å². The summed E-state index contributed by atoms with van der Waals surface area (Å²) in [5.74, 6) is 0.553. The topological polar surface area (TPSA) is 63.2 Å². The van der Waals surface area contributed by atoms with Gasteiger partial charge in [0.1, 0.15) is 4.90 Å². The van der Waals surface area contributed by atoms with Crippen LogP contribution in [0.25, 0.3) is 10.9 Å². The molecule has 0 aliphatic carbocycles. The molecule has 3 rings (SSSR count). The third-order valence-electron chi connectivity index (χ3n) is 3.99. The monoisotopic (exact) mass is 407 g/mol. The molecule has 0 fully saturated rings. The SMILES string of the molecule is Cc1c(Cl)c(CSc2ccc(S(=O)(=O)N(C)C)cn2)nc2ccccc12. The first kappa shape index (κ1) is 19.1. The molecule has 5 nitrogen and oxygen atoms in total. The molecule has 0 spiro atoms. The second-order valence-electron chi connectivity index (χ2n) is 5.92. The highest BCUT2D eigenvalue weighted by molar-refractivity contribution is 7.98. The van der Waals surface area contributed by atoms with Crippen LogP contribution >= 0.6 is 23.4 Å². The Hall–Kier alpha value is -1.67. The molecular weight excluding hydrogens is 390 g/mol. The highest BCUT2D eigenvalue weighted by atomic mass is 35.5. The number of aryl methyl sites for hydroxylation is 1. The highest BCUT2D eigenvalue weighted by Gasteiger charge is 2.17. The van der Waals surface area contributed by atoms with E-state index >= 15 is 0 Å².